The third-order valence-electron chi connectivity index (χ3n) is 3.56. The lowest BCUT2D eigenvalue weighted by atomic mass is 10.2. The highest BCUT2D eigenvalue weighted by Crippen LogP contribution is 2.18. The molecule has 2 amide bonds. The van der Waals surface area contributed by atoms with Gasteiger partial charge in [0, 0.05) is 18.8 Å². The SMILES string of the molecule is COC(=O)c1cc(NCC(=O)N(C)CC(=O)NC2CC2)ccc1F. The molecule has 1 saturated carbocycles. The fourth-order valence-corrected chi connectivity index (χ4v) is 2.02. The second-order valence-corrected chi connectivity index (χ2v) is 5.63. The van der Waals surface area contributed by atoms with Crippen molar-refractivity contribution >= 4 is 23.5 Å². The summed E-state index contributed by atoms with van der Waals surface area (Å²) >= 11 is 0. The van der Waals surface area contributed by atoms with Gasteiger partial charge in [-0.3, -0.25) is 9.59 Å². The number of esters is 1. The summed E-state index contributed by atoms with van der Waals surface area (Å²) in [6, 6.07) is 4.05. The van der Waals surface area contributed by atoms with Crippen LogP contribution in [0.4, 0.5) is 10.1 Å². The number of likely N-dealkylation sites (N-methyl/N-ethyl adjacent to an activating group) is 1. The van der Waals surface area contributed by atoms with Crippen LogP contribution in [0.1, 0.15) is 23.2 Å². The van der Waals surface area contributed by atoms with Crippen LogP contribution >= 0.6 is 0 Å². The van der Waals surface area contributed by atoms with Crippen molar-refractivity contribution in [3.63, 3.8) is 0 Å². The Labute approximate surface area is 139 Å². The molecule has 0 radical (unpaired) electrons. The van der Waals surface area contributed by atoms with Crippen LogP contribution in [0.3, 0.4) is 0 Å². The van der Waals surface area contributed by atoms with Gasteiger partial charge < -0.3 is 20.3 Å². The molecule has 0 atom stereocenters. The molecule has 0 aromatic heterocycles. The average molecular weight is 337 g/mol. The second kappa shape index (κ2) is 7.76. The predicted molar refractivity (Wildman–Crippen MR) is 85.0 cm³/mol. The van der Waals surface area contributed by atoms with E-state index in [0.29, 0.717) is 5.69 Å². The third-order valence-corrected chi connectivity index (χ3v) is 3.56. The monoisotopic (exact) mass is 337 g/mol. The van der Waals surface area contributed by atoms with Crippen molar-refractivity contribution in [3.8, 4) is 0 Å². The maximum atomic E-state index is 13.5. The number of nitrogens with zero attached hydrogens (tertiary/aromatic N) is 1. The fourth-order valence-electron chi connectivity index (χ4n) is 2.02. The number of amides is 2. The van der Waals surface area contributed by atoms with E-state index in [1.165, 1.54) is 24.1 Å². The molecule has 24 heavy (non-hydrogen) atoms. The minimum absolute atomic E-state index is 0.0200. The largest absolute Gasteiger partial charge is 0.465 e. The van der Waals surface area contributed by atoms with Crippen molar-refractivity contribution in [3.05, 3.63) is 29.6 Å². The number of methoxy groups -OCH3 is 1. The van der Waals surface area contributed by atoms with E-state index in [1.54, 1.807) is 0 Å². The second-order valence-electron chi connectivity index (χ2n) is 5.63. The molecular weight excluding hydrogens is 317 g/mol. The van der Waals surface area contributed by atoms with Crippen molar-refractivity contribution in [2.75, 3.05) is 32.6 Å². The highest BCUT2D eigenvalue weighted by Gasteiger charge is 2.24. The van der Waals surface area contributed by atoms with Crippen molar-refractivity contribution < 1.29 is 23.5 Å². The van der Waals surface area contributed by atoms with Gasteiger partial charge in [0.2, 0.25) is 11.8 Å². The highest BCUT2D eigenvalue weighted by molar-refractivity contribution is 5.91. The summed E-state index contributed by atoms with van der Waals surface area (Å²) in [5.41, 5.74) is 0.188. The standard InChI is InChI=1S/C16H20FN3O4/c1-20(9-14(21)19-10-3-4-10)15(22)8-18-11-5-6-13(17)12(7-11)16(23)24-2/h5-7,10,18H,3-4,8-9H2,1-2H3,(H,19,21). The normalized spacial score (nSPS) is 13.1. The van der Waals surface area contributed by atoms with E-state index in [9.17, 15) is 18.8 Å². The van der Waals surface area contributed by atoms with E-state index in [-0.39, 0.29) is 36.5 Å². The number of hydrogen-bond acceptors (Lipinski definition) is 5. The van der Waals surface area contributed by atoms with Gasteiger partial charge in [-0.15, -0.1) is 0 Å². The number of hydrogen-bond donors (Lipinski definition) is 2. The zero-order valence-electron chi connectivity index (χ0n) is 13.6. The molecule has 1 fully saturated rings. The van der Waals surface area contributed by atoms with E-state index in [2.05, 4.69) is 15.4 Å². The van der Waals surface area contributed by atoms with E-state index in [4.69, 9.17) is 0 Å². The topological polar surface area (TPSA) is 87.7 Å². The Hall–Kier alpha value is -2.64. The summed E-state index contributed by atoms with van der Waals surface area (Å²) in [6.07, 6.45) is 1.97. The van der Waals surface area contributed by atoms with Crippen LogP contribution in [-0.4, -0.2) is 56.0 Å². The quantitative estimate of drug-likeness (QED) is 0.717. The summed E-state index contributed by atoms with van der Waals surface area (Å²) < 4.78 is 18.0. The molecule has 1 aromatic carbocycles. The molecule has 7 nitrogen and oxygen atoms in total. The van der Waals surface area contributed by atoms with Gasteiger partial charge in [0.1, 0.15) is 5.82 Å². The summed E-state index contributed by atoms with van der Waals surface area (Å²) in [4.78, 5) is 36.4. The Morgan fingerprint density at radius 1 is 1.33 bits per heavy atom. The summed E-state index contributed by atoms with van der Waals surface area (Å²) in [5, 5.41) is 5.60. The van der Waals surface area contributed by atoms with Crippen LogP contribution in [0.5, 0.6) is 0 Å². The molecular formula is C16H20FN3O4. The number of nitrogens with one attached hydrogen (secondary N) is 2. The van der Waals surface area contributed by atoms with Gasteiger partial charge in [-0.05, 0) is 31.0 Å². The van der Waals surface area contributed by atoms with Crippen LogP contribution in [-0.2, 0) is 14.3 Å². The molecule has 0 aliphatic heterocycles. The Morgan fingerprint density at radius 3 is 2.67 bits per heavy atom. The molecule has 130 valence electrons. The van der Waals surface area contributed by atoms with E-state index in [1.807, 2.05) is 0 Å². The zero-order chi connectivity index (χ0) is 17.7. The number of ether oxygens (including phenoxy) is 1. The number of rotatable bonds is 7. The Balaban J connectivity index is 1.86. The van der Waals surface area contributed by atoms with E-state index < -0.39 is 11.8 Å². The maximum Gasteiger partial charge on any atom is 0.340 e. The van der Waals surface area contributed by atoms with Gasteiger partial charge >= 0.3 is 5.97 Å². The van der Waals surface area contributed by atoms with E-state index in [0.717, 1.165) is 26.0 Å². The van der Waals surface area contributed by atoms with Crippen molar-refractivity contribution in [2.24, 2.45) is 0 Å². The van der Waals surface area contributed by atoms with Crippen LogP contribution in [0.2, 0.25) is 0 Å². The summed E-state index contributed by atoms with van der Waals surface area (Å²) in [7, 11) is 2.69. The number of benzene rings is 1. The molecule has 0 saturated heterocycles. The minimum atomic E-state index is -0.795. The number of anilines is 1. The van der Waals surface area contributed by atoms with Gasteiger partial charge in [0.25, 0.3) is 0 Å². The molecule has 1 aliphatic rings. The number of carbonyl (C=O) groups is 3. The Morgan fingerprint density at radius 2 is 2.04 bits per heavy atom. The molecule has 0 heterocycles. The number of halogens is 1. The predicted octanol–water partition coefficient (Wildman–Crippen LogP) is 0.761. The Kier molecular flexibility index (Phi) is 5.73. The van der Waals surface area contributed by atoms with E-state index >= 15 is 0 Å². The third kappa shape index (κ3) is 4.94. The summed E-state index contributed by atoms with van der Waals surface area (Å²) in [6.45, 7) is -0.104. The van der Waals surface area contributed by atoms with Crippen molar-refractivity contribution in [1.82, 2.24) is 10.2 Å². The fraction of sp³-hybridized carbons (Fsp3) is 0.438. The molecule has 2 rings (SSSR count). The smallest absolute Gasteiger partial charge is 0.340 e. The molecule has 8 heteroatoms. The lowest BCUT2D eigenvalue weighted by molar-refractivity contribution is -0.133. The van der Waals surface area contributed by atoms with Gasteiger partial charge in [-0.1, -0.05) is 0 Å². The van der Waals surface area contributed by atoms with Crippen LogP contribution < -0.4 is 10.6 Å². The lowest BCUT2D eigenvalue weighted by Gasteiger charge is -2.17. The zero-order valence-corrected chi connectivity index (χ0v) is 13.6. The first kappa shape index (κ1) is 17.7. The van der Waals surface area contributed by atoms with Crippen LogP contribution in [0, 0.1) is 5.82 Å². The highest BCUT2D eigenvalue weighted by atomic mass is 19.1. The molecule has 2 N–H and O–H groups in total. The van der Waals surface area contributed by atoms with Crippen molar-refractivity contribution in [2.45, 2.75) is 18.9 Å². The van der Waals surface area contributed by atoms with Crippen LogP contribution in [0.15, 0.2) is 18.2 Å². The average Bonchev–Trinajstić information content (AvgIpc) is 3.36. The van der Waals surface area contributed by atoms with Gasteiger partial charge in [0.15, 0.2) is 0 Å². The van der Waals surface area contributed by atoms with Gasteiger partial charge in [0.05, 0.1) is 25.8 Å². The van der Waals surface area contributed by atoms with Crippen molar-refractivity contribution in [1.29, 1.82) is 0 Å². The van der Waals surface area contributed by atoms with Gasteiger partial charge in [-0.25, -0.2) is 9.18 Å². The molecule has 0 unspecified atom stereocenters. The summed E-state index contributed by atoms with van der Waals surface area (Å²) in [5.74, 6) is -1.99. The van der Waals surface area contributed by atoms with Gasteiger partial charge in [-0.2, -0.15) is 0 Å². The lowest BCUT2D eigenvalue weighted by Crippen LogP contribution is -2.41. The van der Waals surface area contributed by atoms with Crippen LogP contribution in [0.25, 0.3) is 0 Å². The molecule has 0 spiro atoms. The molecule has 1 aliphatic carbocycles. The first-order valence-electron chi connectivity index (χ1n) is 7.55. The first-order valence-corrected chi connectivity index (χ1v) is 7.55. The first-order chi connectivity index (χ1) is 11.4. The maximum absolute atomic E-state index is 13.5. The molecule has 1 aromatic rings. The minimum Gasteiger partial charge on any atom is -0.465 e. The Bertz CT molecular complexity index is 646. The molecule has 0 bridgehead atoms. The number of carbonyl (C=O) groups excluding carboxylic acids is 3.